The summed E-state index contributed by atoms with van der Waals surface area (Å²) in [4.78, 5) is 19.5. The molecule has 0 aliphatic rings. The fraction of sp³-hybridized carbons (Fsp3) is 0.143. The van der Waals surface area contributed by atoms with Crippen molar-refractivity contribution in [1.82, 2.24) is 9.55 Å². The smallest absolute Gasteiger partial charge is 0.346 e. The monoisotopic (exact) mass is 298 g/mol. The van der Waals surface area contributed by atoms with Crippen LogP contribution in [0.1, 0.15) is 5.69 Å². The van der Waals surface area contributed by atoms with E-state index >= 15 is 0 Å². The number of nitrogens with one attached hydrogen (secondary N) is 1. The van der Waals surface area contributed by atoms with Gasteiger partial charge >= 0.3 is 6.03 Å². The maximum Gasteiger partial charge on any atom is 0.346 e. The number of carbonyl (C=O) groups excluding carboxylic acids is 1. The van der Waals surface area contributed by atoms with E-state index in [4.69, 9.17) is 16.1 Å². The lowest BCUT2D eigenvalue weighted by atomic mass is 10.3. The molecule has 4 N–H and O–H groups in total. The third-order valence-corrected chi connectivity index (χ3v) is 2.79. The molecule has 0 bridgehead atoms. The van der Waals surface area contributed by atoms with Gasteiger partial charge in [-0.1, -0.05) is 18.2 Å². The van der Waals surface area contributed by atoms with Crippen molar-refractivity contribution in [3.63, 3.8) is 0 Å². The molecule has 0 saturated carbocycles. The number of hydrogen-bond donors (Lipinski definition) is 3. The molecule has 0 aliphatic carbocycles. The highest BCUT2D eigenvalue weighted by molar-refractivity contribution is 6.17. The molecule has 1 aromatic heterocycles. The molecule has 2 aromatic rings. The van der Waals surface area contributed by atoms with Crippen molar-refractivity contribution in [2.75, 3.05) is 17.7 Å². The Labute approximate surface area is 126 Å². The topological polar surface area (TPSA) is 129 Å². The summed E-state index contributed by atoms with van der Waals surface area (Å²) in [6.07, 6.45) is 1.38. The highest BCUT2D eigenvalue weighted by atomic mass is 16.3. The third-order valence-electron chi connectivity index (χ3n) is 2.79. The van der Waals surface area contributed by atoms with E-state index < -0.39 is 6.03 Å². The van der Waals surface area contributed by atoms with Crippen molar-refractivity contribution in [2.24, 2.45) is 4.99 Å². The summed E-state index contributed by atoms with van der Waals surface area (Å²) in [5.41, 5.74) is 6.30. The van der Waals surface area contributed by atoms with Crippen LogP contribution in [0.2, 0.25) is 0 Å². The minimum absolute atomic E-state index is 0.110. The van der Waals surface area contributed by atoms with E-state index in [9.17, 15) is 4.79 Å². The molecule has 0 saturated heterocycles. The lowest BCUT2D eigenvalue weighted by Gasteiger charge is -2.03. The molecule has 0 radical (unpaired) electrons. The van der Waals surface area contributed by atoms with E-state index in [1.807, 2.05) is 6.07 Å². The molecule has 0 atom stereocenters. The number of urea groups is 1. The number of nitrogen functional groups attached to an aromatic ring is 1. The van der Waals surface area contributed by atoms with E-state index in [0.717, 1.165) is 0 Å². The van der Waals surface area contributed by atoms with Crippen LogP contribution < -0.4 is 11.1 Å². The predicted molar refractivity (Wildman–Crippen MR) is 81.3 cm³/mol. The van der Waals surface area contributed by atoms with Gasteiger partial charge in [-0.05, 0) is 12.1 Å². The Balaban J connectivity index is 2.21. The maximum atomic E-state index is 11.8. The van der Waals surface area contributed by atoms with Gasteiger partial charge in [0, 0.05) is 12.2 Å². The molecule has 8 heteroatoms. The number of aliphatic hydroxyl groups excluding tert-OH is 1. The number of aromatic nitrogens is 2. The predicted octanol–water partition coefficient (Wildman–Crippen LogP) is 1.00. The lowest BCUT2D eigenvalue weighted by Crippen LogP contribution is -2.12. The molecule has 22 heavy (non-hydrogen) atoms. The summed E-state index contributed by atoms with van der Waals surface area (Å²) in [5, 5.41) is 20.6. The minimum Gasteiger partial charge on any atom is -0.395 e. The number of rotatable bonds is 4. The lowest BCUT2D eigenvalue weighted by molar-refractivity contribution is 0.259. The van der Waals surface area contributed by atoms with Crippen LogP contribution in [0.5, 0.6) is 0 Å². The number of nitrogens with two attached hydrogens (primary N) is 1. The number of imidazole rings is 1. The number of nitriles is 1. The summed E-state index contributed by atoms with van der Waals surface area (Å²) in [6.45, 7) is 0.126. The Morgan fingerprint density at radius 3 is 2.82 bits per heavy atom. The minimum atomic E-state index is -0.696. The van der Waals surface area contributed by atoms with Gasteiger partial charge in [0.2, 0.25) is 0 Å². The van der Waals surface area contributed by atoms with Gasteiger partial charge in [0.25, 0.3) is 0 Å². The zero-order chi connectivity index (χ0) is 15.9. The average molecular weight is 298 g/mol. The molecule has 0 aliphatic heterocycles. The van der Waals surface area contributed by atoms with E-state index in [1.54, 1.807) is 30.3 Å². The van der Waals surface area contributed by atoms with Crippen LogP contribution in [0.25, 0.3) is 0 Å². The second-order valence-electron chi connectivity index (χ2n) is 4.26. The molecule has 1 aromatic carbocycles. The Morgan fingerprint density at radius 2 is 2.18 bits per heavy atom. The summed E-state index contributed by atoms with van der Waals surface area (Å²) < 4.78 is 1.47. The van der Waals surface area contributed by atoms with Crippen LogP contribution in [-0.4, -0.2) is 33.0 Å². The van der Waals surface area contributed by atoms with E-state index in [2.05, 4.69) is 15.3 Å². The van der Waals surface area contributed by atoms with E-state index in [0.29, 0.717) is 5.69 Å². The largest absolute Gasteiger partial charge is 0.395 e. The van der Waals surface area contributed by atoms with Gasteiger partial charge in [0.05, 0.1) is 12.9 Å². The van der Waals surface area contributed by atoms with Crippen LogP contribution in [0.3, 0.4) is 0 Å². The standard InChI is InChI=1S/C14H14N6O2/c15-8-11(12-13(16)20(6-7-21)9-17-12)19-14(22)18-10-4-2-1-3-5-10/h1-5,9,21H,6-7,16H2,(H,18,22)/b19-11+. The Kier molecular flexibility index (Phi) is 4.85. The van der Waals surface area contributed by atoms with Crippen molar-refractivity contribution in [3.8, 4) is 6.07 Å². The molecule has 2 amide bonds. The highest BCUT2D eigenvalue weighted by Gasteiger charge is 2.15. The molecular formula is C14H14N6O2. The van der Waals surface area contributed by atoms with Gasteiger partial charge in [0.15, 0.2) is 5.71 Å². The number of hydrogen-bond acceptors (Lipinski definition) is 5. The average Bonchev–Trinajstić information content (AvgIpc) is 2.87. The molecule has 0 spiro atoms. The fourth-order valence-electron chi connectivity index (χ4n) is 1.77. The summed E-state index contributed by atoms with van der Waals surface area (Å²) >= 11 is 0. The van der Waals surface area contributed by atoms with Crippen molar-refractivity contribution in [2.45, 2.75) is 6.54 Å². The number of carbonyl (C=O) groups is 1. The molecule has 1 heterocycles. The fourth-order valence-corrected chi connectivity index (χ4v) is 1.77. The zero-order valence-electron chi connectivity index (χ0n) is 11.6. The number of anilines is 2. The van der Waals surface area contributed by atoms with Gasteiger partial charge in [-0.3, -0.25) is 0 Å². The van der Waals surface area contributed by atoms with Crippen molar-refractivity contribution < 1.29 is 9.90 Å². The second kappa shape index (κ2) is 7.01. The van der Waals surface area contributed by atoms with Gasteiger partial charge < -0.3 is 20.7 Å². The van der Waals surface area contributed by atoms with Crippen LogP contribution in [-0.2, 0) is 6.54 Å². The van der Waals surface area contributed by atoms with E-state index in [-0.39, 0.29) is 30.4 Å². The Hall–Kier alpha value is -3.18. The zero-order valence-corrected chi connectivity index (χ0v) is 11.6. The third kappa shape index (κ3) is 3.47. The first kappa shape index (κ1) is 15.2. The summed E-state index contributed by atoms with van der Waals surface area (Å²) in [6, 6.07) is 9.84. The molecule has 8 nitrogen and oxygen atoms in total. The second-order valence-corrected chi connectivity index (χ2v) is 4.26. The number of amides is 2. The molecule has 0 fully saturated rings. The SMILES string of the molecule is N#C/C(=N\C(=O)Nc1ccccc1)c1ncn(CCO)c1N. The number of para-hydroxylation sites is 1. The quantitative estimate of drug-likeness (QED) is 0.725. The number of aliphatic imine (C=N–C) groups is 1. The molecule has 2 rings (SSSR count). The first-order chi connectivity index (χ1) is 10.7. The van der Waals surface area contributed by atoms with Crippen molar-refractivity contribution in [3.05, 3.63) is 42.4 Å². The van der Waals surface area contributed by atoms with Crippen molar-refractivity contribution in [1.29, 1.82) is 5.26 Å². The molecule has 0 unspecified atom stereocenters. The molecule has 112 valence electrons. The Morgan fingerprint density at radius 1 is 1.45 bits per heavy atom. The van der Waals surface area contributed by atoms with Crippen molar-refractivity contribution >= 4 is 23.2 Å². The Bertz CT molecular complexity index is 730. The number of benzene rings is 1. The summed E-state index contributed by atoms with van der Waals surface area (Å²) in [5.74, 6) is 0.168. The van der Waals surface area contributed by atoms with Crippen LogP contribution in [0, 0.1) is 11.3 Å². The molecular weight excluding hydrogens is 284 g/mol. The number of nitrogens with zero attached hydrogens (tertiary/aromatic N) is 4. The van der Waals surface area contributed by atoms with Gasteiger partial charge in [-0.15, -0.1) is 0 Å². The highest BCUT2D eigenvalue weighted by Crippen LogP contribution is 2.12. The van der Waals surface area contributed by atoms with Gasteiger partial charge in [-0.2, -0.15) is 10.3 Å². The van der Waals surface area contributed by atoms with Crippen LogP contribution in [0.4, 0.5) is 16.3 Å². The first-order valence-corrected chi connectivity index (χ1v) is 6.42. The van der Waals surface area contributed by atoms with E-state index in [1.165, 1.54) is 10.9 Å². The number of aliphatic hydroxyl groups is 1. The van der Waals surface area contributed by atoms with Crippen LogP contribution in [0.15, 0.2) is 41.7 Å². The first-order valence-electron chi connectivity index (χ1n) is 6.42. The normalized spacial score (nSPS) is 11.0. The maximum absolute atomic E-state index is 11.8. The van der Waals surface area contributed by atoms with Gasteiger partial charge in [0.1, 0.15) is 17.6 Å². The summed E-state index contributed by atoms with van der Waals surface area (Å²) in [7, 11) is 0. The van der Waals surface area contributed by atoms with Crippen LogP contribution >= 0.6 is 0 Å². The van der Waals surface area contributed by atoms with Gasteiger partial charge in [-0.25, -0.2) is 9.78 Å².